The summed E-state index contributed by atoms with van der Waals surface area (Å²) in [6.07, 6.45) is 2.19. The van der Waals surface area contributed by atoms with Crippen LogP contribution in [0.1, 0.15) is 44.7 Å². The molecule has 0 amide bonds. The average molecular weight is 443 g/mol. The van der Waals surface area contributed by atoms with Gasteiger partial charge in [-0.25, -0.2) is 0 Å². The lowest BCUT2D eigenvalue weighted by Gasteiger charge is -2.55. The monoisotopic (exact) mass is 442 g/mol. The van der Waals surface area contributed by atoms with E-state index in [1.807, 2.05) is 24.3 Å². The molecule has 1 N–H and O–H groups in total. The van der Waals surface area contributed by atoms with Crippen molar-refractivity contribution in [2.24, 2.45) is 11.3 Å². The Hall–Kier alpha value is -2.60. The number of aliphatic hydroxyl groups is 1. The summed E-state index contributed by atoms with van der Waals surface area (Å²) >= 11 is 0. The molecule has 2 aromatic rings. The molecule has 3 atom stereocenters. The van der Waals surface area contributed by atoms with Crippen LogP contribution in [0.2, 0.25) is 0 Å². The van der Waals surface area contributed by atoms with Crippen LogP contribution < -0.4 is 23.7 Å². The van der Waals surface area contributed by atoms with Crippen LogP contribution in [0.4, 0.5) is 0 Å². The van der Waals surface area contributed by atoms with Gasteiger partial charge in [0.1, 0.15) is 23.7 Å². The summed E-state index contributed by atoms with van der Waals surface area (Å²) in [5, 5.41) is 10.6. The normalized spacial score (nSPS) is 25.7. The third-order valence-electron chi connectivity index (χ3n) is 7.34. The van der Waals surface area contributed by atoms with Crippen molar-refractivity contribution < 1.29 is 28.8 Å². The largest absolute Gasteiger partial charge is 0.493 e. The van der Waals surface area contributed by atoms with Gasteiger partial charge in [-0.1, -0.05) is 19.9 Å². The molecule has 174 valence electrons. The number of hydrogen-bond acceptors (Lipinski definition) is 6. The lowest BCUT2D eigenvalue weighted by atomic mass is 9.58. The van der Waals surface area contributed by atoms with Crippen LogP contribution in [0.15, 0.2) is 30.3 Å². The predicted octanol–water partition coefficient (Wildman–Crippen LogP) is 4.78. The van der Waals surface area contributed by atoms with E-state index in [1.165, 1.54) is 0 Å². The minimum atomic E-state index is -0.299. The highest BCUT2D eigenvalue weighted by Crippen LogP contribution is 2.53. The van der Waals surface area contributed by atoms with Crippen molar-refractivity contribution >= 4 is 0 Å². The van der Waals surface area contributed by atoms with E-state index < -0.39 is 0 Å². The number of ether oxygens (including phenoxy) is 5. The predicted molar refractivity (Wildman–Crippen MR) is 122 cm³/mol. The molecule has 1 saturated carbocycles. The molecule has 32 heavy (non-hydrogen) atoms. The van der Waals surface area contributed by atoms with Crippen molar-refractivity contribution in [1.29, 1.82) is 0 Å². The fourth-order valence-electron chi connectivity index (χ4n) is 5.33. The van der Waals surface area contributed by atoms with Crippen molar-refractivity contribution in [2.45, 2.75) is 58.3 Å². The molecule has 1 heterocycles. The van der Waals surface area contributed by atoms with Gasteiger partial charge >= 0.3 is 0 Å². The lowest BCUT2D eigenvalue weighted by molar-refractivity contribution is -0.137. The molecular weight excluding hydrogens is 408 g/mol. The first-order valence-corrected chi connectivity index (χ1v) is 11.1. The van der Waals surface area contributed by atoms with Gasteiger partial charge in [-0.2, -0.15) is 0 Å². The van der Waals surface area contributed by atoms with Gasteiger partial charge in [-0.3, -0.25) is 0 Å². The van der Waals surface area contributed by atoms with E-state index >= 15 is 0 Å². The van der Waals surface area contributed by atoms with Crippen LogP contribution in [0.5, 0.6) is 28.7 Å². The molecule has 1 aliphatic carbocycles. The fraction of sp³-hybridized carbons (Fsp3) is 0.538. The van der Waals surface area contributed by atoms with E-state index in [2.05, 4.69) is 26.8 Å². The Labute approximate surface area is 190 Å². The van der Waals surface area contributed by atoms with E-state index in [1.54, 1.807) is 21.3 Å². The number of hydrogen-bond donors (Lipinski definition) is 1. The number of benzene rings is 2. The molecule has 2 aromatic carbocycles. The summed E-state index contributed by atoms with van der Waals surface area (Å²) in [5.74, 6) is 3.63. The van der Waals surface area contributed by atoms with Gasteiger partial charge in [0.25, 0.3) is 0 Å². The third kappa shape index (κ3) is 3.85. The van der Waals surface area contributed by atoms with Gasteiger partial charge in [-0.05, 0) is 60.9 Å². The molecule has 1 fully saturated rings. The quantitative estimate of drug-likeness (QED) is 0.694. The van der Waals surface area contributed by atoms with E-state index in [-0.39, 0.29) is 23.0 Å². The van der Waals surface area contributed by atoms with Crippen LogP contribution in [0.25, 0.3) is 0 Å². The lowest BCUT2D eigenvalue weighted by Crippen LogP contribution is -2.58. The molecule has 0 spiro atoms. The molecule has 0 bridgehead atoms. The zero-order valence-corrected chi connectivity index (χ0v) is 19.9. The van der Waals surface area contributed by atoms with Crippen LogP contribution in [0, 0.1) is 11.3 Å². The number of fused-ring (bicyclic) bond motifs is 2. The average Bonchev–Trinajstić information content (AvgIpc) is 2.78. The Bertz CT molecular complexity index is 959. The smallest absolute Gasteiger partial charge is 0.203 e. The van der Waals surface area contributed by atoms with Crippen molar-refractivity contribution in [3.05, 3.63) is 41.5 Å². The number of aliphatic hydroxyl groups excluding tert-OH is 1. The molecule has 0 saturated heterocycles. The highest BCUT2D eigenvalue weighted by molar-refractivity contribution is 5.54. The maximum Gasteiger partial charge on any atom is 0.203 e. The van der Waals surface area contributed by atoms with Crippen molar-refractivity contribution in [2.75, 3.05) is 21.3 Å². The first kappa shape index (κ1) is 22.6. The van der Waals surface area contributed by atoms with Crippen molar-refractivity contribution in [3.8, 4) is 28.7 Å². The molecule has 6 heteroatoms. The topological polar surface area (TPSA) is 66.4 Å². The van der Waals surface area contributed by atoms with Crippen LogP contribution in [-0.2, 0) is 13.0 Å². The summed E-state index contributed by atoms with van der Waals surface area (Å²) in [6.45, 7) is 6.85. The molecule has 6 nitrogen and oxygen atoms in total. The van der Waals surface area contributed by atoms with Crippen LogP contribution in [-0.4, -0.2) is 38.1 Å². The SMILES string of the molecule is COc1cc(COc2ccc3c(c2)O[C@]2(C)CC[C@@H](O)C(C)(C)[C@H]2C3)cc(OC)c1OC. The molecule has 2 aliphatic rings. The Morgan fingerprint density at radius 2 is 1.69 bits per heavy atom. The van der Waals surface area contributed by atoms with Crippen LogP contribution >= 0.6 is 0 Å². The molecular formula is C26H34O6. The van der Waals surface area contributed by atoms with Gasteiger partial charge in [0.2, 0.25) is 5.75 Å². The number of methoxy groups -OCH3 is 3. The van der Waals surface area contributed by atoms with Crippen LogP contribution in [0.3, 0.4) is 0 Å². The molecule has 0 aromatic heterocycles. The van der Waals surface area contributed by atoms with E-state index in [0.717, 1.165) is 41.9 Å². The summed E-state index contributed by atoms with van der Waals surface area (Å²) in [6, 6.07) is 9.81. The van der Waals surface area contributed by atoms with Gasteiger partial charge in [0.15, 0.2) is 11.5 Å². The minimum absolute atomic E-state index is 0.188. The Morgan fingerprint density at radius 1 is 1.00 bits per heavy atom. The van der Waals surface area contributed by atoms with Gasteiger partial charge in [-0.15, -0.1) is 0 Å². The van der Waals surface area contributed by atoms with Crippen molar-refractivity contribution in [1.82, 2.24) is 0 Å². The fourth-order valence-corrected chi connectivity index (χ4v) is 5.33. The van der Waals surface area contributed by atoms with E-state index in [0.29, 0.717) is 23.9 Å². The van der Waals surface area contributed by atoms with Gasteiger partial charge in [0.05, 0.1) is 27.4 Å². The Morgan fingerprint density at radius 3 is 2.31 bits per heavy atom. The minimum Gasteiger partial charge on any atom is -0.493 e. The zero-order valence-electron chi connectivity index (χ0n) is 19.9. The maximum atomic E-state index is 10.6. The van der Waals surface area contributed by atoms with E-state index in [9.17, 15) is 5.11 Å². The first-order chi connectivity index (χ1) is 15.2. The highest BCUT2D eigenvalue weighted by Gasteiger charge is 2.54. The second-order valence-electron chi connectivity index (χ2n) is 9.64. The molecule has 0 radical (unpaired) electrons. The zero-order chi connectivity index (χ0) is 23.1. The van der Waals surface area contributed by atoms with Gasteiger partial charge in [0, 0.05) is 12.0 Å². The molecule has 4 rings (SSSR count). The number of rotatable bonds is 6. The second kappa shape index (κ2) is 8.39. The van der Waals surface area contributed by atoms with Crippen molar-refractivity contribution in [3.63, 3.8) is 0 Å². The summed E-state index contributed by atoms with van der Waals surface area (Å²) < 4.78 is 28.9. The standard InChI is InChI=1S/C26H34O6/c1-25(2)22-13-17-7-8-18(14-19(17)32-26(22,3)10-9-23(25)27)31-15-16-11-20(28-4)24(30-6)21(12-16)29-5/h7-8,11-12,14,22-23,27H,9-10,13,15H2,1-6H3/t22-,23-,26-/m1/s1. The summed E-state index contributed by atoms with van der Waals surface area (Å²) in [4.78, 5) is 0. The second-order valence-corrected chi connectivity index (χ2v) is 9.64. The Kier molecular flexibility index (Phi) is 5.93. The Balaban J connectivity index is 1.54. The maximum absolute atomic E-state index is 10.6. The third-order valence-corrected chi connectivity index (χ3v) is 7.34. The molecule has 0 unspecified atom stereocenters. The summed E-state index contributed by atoms with van der Waals surface area (Å²) in [7, 11) is 4.78. The summed E-state index contributed by atoms with van der Waals surface area (Å²) in [5.41, 5.74) is 1.60. The highest BCUT2D eigenvalue weighted by atomic mass is 16.5. The molecule has 1 aliphatic heterocycles. The first-order valence-electron chi connectivity index (χ1n) is 11.1. The van der Waals surface area contributed by atoms with E-state index in [4.69, 9.17) is 23.7 Å². The van der Waals surface area contributed by atoms with Gasteiger partial charge < -0.3 is 28.8 Å².